The van der Waals surface area contributed by atoms with E-state index in [-0.39, 0.29) is 12.2 Å². The molecule has 1 aromatic carbocycles. The molecule has 2 aliphatic rings. The van der Waals surface area contributed by atoms with Gasteiger partial charge in [-0.15, -0.1) is 0 Å². The number of benzene rings is 1. The topological polar surface area (TPSA) is 102 Å². The van der Waals surface area contributed by atoms with E-state index in [1.54, 1.807) is 17.0 Å². The number of hydrogen-bond donors (Lipinski definition) is 0. The van der Waals surface area contributed by atoms with Crippen LogP contribution in [0.3, 0.4) is 0 Å². The molecule has 0 unspecified atom stereocenters. The number of carbonyl (C=O) groups is 1. The molecule has 0 spiro atoms. The summed E-state index contributed by atoms with van der Waals surface area (Å²) in [7, 11) is -3.25. The third-order valence-electron chi connectivity index (χ3n) is 6.01. The molecule has 0 radical (unpaired) electrons. The van der Waals surface area contributed by atoms with Crippen molar-refractivity contribution in [3.63, 3.8) is 0 Å². The van der Waals surface area contributed by atoms with Gasteiger partial charge in [0.1, 0.15) is 23.9 Å². The third kappa shape index (κ3) is 5.27. The molecule has 0 aliphatic carbocycles. The fourth-order valence-electron chi connectivity index (χ4n) is 4.29. The highest BCUT2D eigenvalue weighted by Gasteiger charge is 2.29. The number of anilines is 2. The normalized spacial score (nSPS) is 17.0. The van der Waals surface area contributed by atoms with Crippen LogP contribution in [0.2, 0.25) is 0 Å². The van der Waals surface area contributed by atoms with Gasteiger partial charge in [0.2, 0.25) is 5.88 Å². The van der Waals surface area contributed by atoms with E-state index in [4.69, 9.17) is 9.47 Å². The molecule has 0 N–H and O–H groups in total. The first-order chi connectivity index (χ1) is 15.9. The van der Waals surface area contributed by atoms with Crippen molar-refractivity contribution in [3.05, 3.63) is 35.7 Å². The van der Waals surface area contributed by atoms with Gasteiger partial charge >= 0.3 is 6.09 Å². The molecule has 34 heavy (non-hydrogen) atoms. The Morgan fingerprint density at radius 1 is 1.12 bits per heavy atom. The van der Waals surface area contributed by atoms with E-state index in [9.17, 15) is 13.2 Å². The Morgan fingerprint density at radius 2 is 1.82 bits per heavy atom. The van der Waals surface area contributed by atoms with Gasteiger partial charge in [-0.05, 0) is 57.9 Å². The number of hydrogen-bond acceptors (Lipinski definition) is 8. The Balaban J connectivity index is 1.45. The number of fused-ring (bicyclic) bond motifs is 1. The van der Waals surface area contributed by atoms with Crippen LogP contribution in [0.15, 0.2) is 29.4 Å². The van der Waals surface area contributed by atoms with Crippen molar-refractivity contribution < 1.29 is 22.7 Å². The molecule has 10 heteroatoms. The zero-order valence-corrected chi connectivity index (χ0v) is 21.2. The van der Waals surface area contributed by atoms with E-state index < -0.39 is 15.4 Å². The van der Waals surface area contributed by atoms with Crippen LogP contribution in [0.5, 0.6) is 5.88 Å². The number of sulfone groups is 1. The monoisotopic (exact) mass is 488 g/mol. The quantitative estimate of drug-likeness (QED) is 0.643. The van der Waals surface area contributed by atoms with Gasteiger partial charge in [0.25, 0.3) is 0 Å². The zero-order chi connectivity index (χ0) is 24.7. The van der Waals surface area contributed by atoms with Crippen LogP contribution >= 0.6 is 0 Å². The lowest BCUT2D eigenvalue weighted by atomic mass is 10.1. The molecule has 3 heterocycles. The van der Waals surface area contributed by atoms with Crippen LogP contribution in [-0.4, -0.2) is 67.0 Å². The van der Waals surface area contributed by atoms with E-state index in [0.717, 1.165) is 29.1 Å². The predicted octanol–water partition coefficient (Wildman–Crippen LogP) is 3.66. The van der Waals surface area contributed by atoms with Crippen LogP contribution in [0.25, 0.3) is 0 Å². The summed E-state index contributed by atoms with van der Waals surface area (Å²) in [6.07, 6.45) is 4.49. The number of rotatable bonds is 4. The number of amides is 1. The van der Waals surface area contributed by atoms with Gasteiger partial charge in [-0.2, -0.15) is 0 Å². The van der Waals surface area contributed by atoms with E-state index in [1.165, 1.54) is 12.6 Å². The molecule has 0 saturated carbocycles. The Labute approximate surface area is 201 Å². The lowest BCUT2D eigenvalue weighted by Gasteiger charge is -2.33. The molecule has 4 rings (SSSR count). The molecular formula is C24H32N4O5S. The van der Waals surface area contributed by atoms with Gasteiger partial charge < -0.3 is 19.3 Å². The van der Waals surface area contributed by atoms with Crippen LogP contribution in [0.4, 0.5) is 16.3 Å². The molecule has 0 bridgehead atoms. The fourth-order valence-corrected chi connectivity index (χ4v) is 4.96. The third-order valence-corrected chi connectivity index (χ3v) is 7.12. The summed E-state index contributed by atoms with van der Waals surface area (Å²) in [5, 5.41) is 0. The molecule has 1 amide bonds. The number of piperidine rings is 1. The minimum absolute atomic E-state index is 0.0525. The molecule has 1 aromatic heterocycles. The molecule has 9 nitrogen and oxygen atoms in total. The first kappa shape index (κ1) is 24.3. The highest BCUT2D eigenvalue weighted by Crippen LogP contribution is 2.38. The Morgan fingerprint density at radius 3 is 2.47 bits per heavy atom. The van der Waals surface area contributed by atoms with Gasteiger partial charge in [-0.25, -0.2) is 23.2 Å². The lowest BCUT2D eigenvalue weighted by Crippen LogP contribution is -2.44. The molecule has 1 fully saturated rings. The number of ether oxygens (including phenoxy) is 2. The largest absolute Gasteiger partial charge is 0.474 e. The van der Waals surface area contributed by atoms with E-state index in [2.05, 4.69) is 14.9 Å². The second kappa shape index (κ2) is 9.05. The second-order valence-corrected chi connectivity index (χ2v) is 11.9. The maximum atomic E-state index is 12.3. The summed E-state index contributed by atoms with van der Waals surface area (Å²) < 4.78 is 35.5. The summed E-state index contributed by atoms with van der Waals surface area (Å²) in [6, 6.07) is 5.23. The summed E-state index contributed by atoms with van der Waals surface area (Å²) in [4.78, 5) is 25.3. The minimum Gasteiger partial charge on any atom is -0.474 e. The smallest absolute Gasteiger partial charge is 0.410 e. The molecule has 184 valence electrons. The summed E-state index contributed by atoms with van der Waals surface area (Å²) in [6.45, 7) is 9.35. The molecule has 2 aromatic rings. The van der Waals surface area contributed by atoms with Gasteiger partial charge in [0.15, 0.2) is 9.84 Å². The first-order valence-corrected chi connectivity index (χ1v) is 13.4. The Bertz CT molecular complexity index is 1180. The van der Waals surface area contributed by atoms with Gasteiger partial charge in [0, 0.05) is 44.4 Å². The van der Waals surface area contributed by atoms with Crippen molar-refractivity contribution in [2.45, 2.75) is 63.6 Å². The van der Waals surface area contributed by atoms with E-state index in [0.29, 0.717) is 43.3 Å². The van der Waals surface area contributed by atoms with Crippen LogP contribution in [0.1, 0.15) is 44.7 Å². The van der Waals surface area contributed by atoms with Gasteiger partial charge in [0.05, 0.1) is 10.5 Å². The van der Waals surface area contributed by atoms with Crippen molar-refractivity contribution in [2.75, 3.05) is 30.8 Å². The van der Waals surface area contributed by atoms with Crippen molar-refractivity contribution in [3.8, 4) is 5.88 Å². The number of nitrogens with zero attached hydrogens (tertiary/aromatic N) is 4. The summed E-state index contributed by atoms with van der Waals surface area (Å²) >= 11 is 0. The summed E-state index contributed by atoms with van der Waals surface area (Å²) in [5.41, 5.74) is 2.25. The first-order valence-electron chi connectivity index (χ1n) is 11.5. The predicted molar refractivity (Wildman–Crippen MR) is 128 cm³/mol. The number of carbonyl (C=O) groups excluding carboxylic acids is 1. The number of likely N-dealkylation sites (tertiary alicyclic amines) is 1. The minimum atomic E-state index is -3.25. The van der Waals surface area contributed by atoms with Crippen molar-refractivity contribution in [2.24, 2.45) is 0 Å². The molecule has 1 saturated heterocycles. The van der Waals surface area contributed by atoms with Gasteiger partial charge in [-0.3, -0.25) is 0 Å². The highest BCUT2D eigenvalue weighted by molar-refractivity contribution is 7.90. The van der Waals surface area contributed by atoms with E-state index in [1.807, 2.05) is 33.8 Å². The van der Waals surface area contributed by atoms with Crippen LogP contribution < -0.4 is 9.64 Å². The van der Waals surface area contributed by atoms with E-state index >= 15 is 0 Å². The SMILES string of the molecule is Cc1c(OC2CCN(C(=O)OC(C)(C)C)CC2)ncnc1N1CCc2cc(S(C)(=O)=O)ccc21. The highest BCUT2D eigenvalue weighted by atomic mass is 32.2. The number of aromatic nitrogens is 2. The second-order valence-electron chi connectivity index (χ2n) is 9.88. The molecular weight excluding hydrogens is 456 g/mol. The standard InChI is InChI=1S/C24H32N4O5S/c1-16-21(28-13-8-17-14-19(34(5,30)31)6-7-20(17)28)25-15-26-22(16)32-18-9-11-27(12-10-18)23(29)33-24(2,3)4/h6-7,14-15,18H,8-13H2,1-5H3. The maximum Gasteiger partial charge on any atom is 0.410 e. The average molecular weight is 489 g/mol. The zero-order valence-electron chi connectivity index (χ0n) is 20.4. The van der Waals surface area contributed by atoms with Crippen LogP contribution in [-0.2, 0) is 21.0 Å². The lowest BCUT2D eigenvalue weighted by molar-refractivity contribution is 0.0122. The van der Waals surface area contributed by atoms with Crippen molar-refractivity contribution >= 4 is 27.4 Å². The molecule has 2 aliphatic heterocycles. The summed E-state index contributed by atoms with van der Waals surface area (Å²) in [5.74, 6) is 1.28. The van der Waals surface area contributed by atoms with Crippen LogP contribution in [0, 0.1) is 6.92 Å². The Kier molecular flexibility index (Phi) is 6.46. The van der Waals surface area contributed by atoms with Gasteiger partial charge in [-0.1, -0.05) is 0 Å². The van der Waals surface area contributed by atoms with Crippen molar-refractivity contribution in [1.29, 1.82) is 0 Å². The fraction of sp³-hybridized carbons (Fsp3) is 0.542. The average Bonchev–Trinajstić information content (AvgIpc) is 3.17. The Hall–Kier alpha value is -2.88. The maximum absolute atomic E-state index is 12.3. The van der Waals surface area contributed by atoms with Crippen molar-refractivity contribution in [1.82, 2.24) is 14.9 Å². The molecule has 0 atom stereocenters.